The second kappa shape index (κ2) is 6.25. The molecule has 2 fully saturated rings. The third kappa shape index (κ3) is 2.88. The van der Waals surface area contributed by atoms with E-state index in [2.05, 4.69) is 26.7 Å². The van der Waals surface area contributed by atoms with Crippen molar-refractivity contribution in [2.45, 2.75) is 18.9 Å². The quantitative estimate of drug-likeness (QED) is 0.863. The molecule has 2 N–H and O–H groups in total. The highest BCUT2D eigenvalue weighted by atomic mass is 16.5. The van der Waals surface area contributed by atoms with Gasteiger partial charge in [-0.15, -0.1) is 0 Å². The zero-order valence-corrected chi connectivity index (χ0v) is 12.7. The van der Waals surface area contributed by atoms with Gasteiger partial charge in [-0.25, -0.2) is 9.97 Å². The van der Waals surface area contributed by atoms with Gasteiger partial charge in [0.2, 0.25) is 5.95 Å². The molecule has 3 heterocycles. The zero-order chi connectivity index (χ0) is 14.7. The van der Waals surface area contributed by atoms with Crippen molar-refractivity contribution < 1.29 is 4.74 Å². The fraction of sp³-hybridized carbons (Fsp3) is 0.733. The Balaban J connectivity index is 1.64. The largest absolute Gasteiger partial charge is 0.381 e. The summed E-state index contributed by atoms with van der Waals surface area (Å²) in [6.07, 6.45) is 4.72. The van der Waals surface area contributed by atoms with E-state index in [1.807, 2.05) is 6.07 Å². The summed E-state index contributed by atoms with van der Waals surface area (Å²) < 4.78 is 5.57. The first-order valence-corrected chi connectivity index (χ1v) is 7.79. The molecule has 0 spiro atoms. The van der Waals surface area contributed by atoms with Crippen molar-refractivity contribution in [2.24, 2.45) is 11.7 Å². The molecule has 6 nitrogen and oxygen atoms in total. The number of anilines is 1. The van der Waals surface area contributed by atoms with Crippen molar-refractivity contribution in [3.8, 4) is 0 Å². The normalized spacial score (nSPS) is 26.8. The predicted octanol–water partition coefficient (Wildman–Crippen LogP) is 0.353. The lowest BCUT2D eigenvalue weighted by Gasteiger charge is -2.48. The maximum Gasteiger partial charge on any atom is 0.225 e. The van der Waals surface area contributed by atoms with Crippen LogP contribution in [-0.4, -0.2) is 66.3 Å². The molecule has 1 aromatic rings. The van der Waals surface area contributed by atoms with Crippen molar-refractivity contribution in [1.29, 1.82) is 0 Å². The van der Waals surface area contributed by atoms with Gasteiger partial charge >= 0.3 is 0 Å². The highest BCUT2D eigenvalue weighted by molar-refractivity contribution is 5.29. The summed E-state index contributed by atoms with van der Waals surface area (Å²) in [6, 6.07) is 1.85. The van der Waals surface area contributed by atoms with E-state index in [0.29, 0.717) is 12.5 Å². The van der Waals surface area contributed by atoms with Crippen molar-refractivity contribution in [2.75, 3.05) is 50.8 Å². The van der Waals surface area contributed by atoms with Gasteiger partial charge in [-0.05, 0) is 19.4 Å². The molecule has 0 aliphatic carbocycles. The van der Waals surface area contributed by atoms with Gasteiger partial charge in [0, 0.05) is 63.2 Å². The number of ether oxygens (including phenoxy) is 1. The van der Waals surface area contributed by atoms with Gasteiger partial charge in [0.05, 0.1) is 6.61 Å². The lowest BCUT2D eigenvalue weighted by atomic mass is 9.83. The average molecular weight is 291 g/mol. The van der Waals surface area contributed by atoms with Crippen LogP contribution in [-0.2, 0) is 4.74 Å². The van der Waals surface area contributed by atoms with Crippen LogP contribution in [0.2, 0.25) is 0 Å². The zero-order valence-electron chi connectivity index (χ0n) is 12.7. The van der Waals surface area contributed by atoms with E-state index in [1.54, 1.807) is 12.4 Å². The van der Waals surface area contributed by atoms with Crippen LogP contribution in [0.4, 0.5) is 5.95 Å². The summed E-state index contributed by atoms with van der Waals surface area (Å²) in [5.41, 5.74) is 6.17. The Morgan fingerprint density at radius 3 is 2.57 bits per heavy atom. The van der Waals surface area contributed by atoms with Crippen molar-refractivity contribution in [3.63, 3.8) is 0 Å². The van der Waals surface area contributed by atoms with Gasteiger partial charge < -0.3 is 15.4 Å². The number of piperazine rings is 1. The predicted molar refractivity (Wildman–Crippen MR) is 82.2 cm³/mol. The summed E-state index contributed by atoms with van der Waals surface area (Å²) in [5, 5.41) is 0. The van der Waals surface area contributed by atoms with Gasteiger partial charge in [-0.2, -0.15) is 0 Å². The van der Waals surface area contributed by atoms with Crippen LogP contribution in [0.25, 0.3) is 0 Å². The first-order valence-electron chi connectivity index (χ1n) is 7.79. The first-order chi connectivity index (χ1) is 10.2. The molecule has 2 unspecified atom stereocenters. The summed E-state index contributed by atoms with van der Waals surface area (Å²) >= 11 is 0. The fourth-order valence-corrected chi connectivity index (χ4v) is 3.45. The lowest BCUT2D eigenvalue weighted by molar-refractivity contribution is 0.0405. The Bertz CT molecular complexity index is 443. The number of aromatic nitrogens is 2. The van der Waals surface area contributed by atoms with Crippen LogP contribution in [0.15, 0.2) is 18.5 Å². The Hall–Kier alpha value is -1.24. The molecule has 2 aliphatic heterocycles. The van der Waals surface area contributed by atoms with Crippen LogP contribution >= 0.6 is 0 Å². The van der Waals surface area contributed by atoms with E-state index >= 15 is 0 Å². The molecule has 116 valence electrons. The van der Waals surface area contributed by atoms with E-state index in [4.69, 9.17) is 10.5 Å². The molecule has 6 heteroatoms. The Morgan fingerprint density at radius 2 is 2.00 bits per heavy atom. The van der Waals surface area contributed by atoms with E-state index in [1.165, 1.54) is 0 Å². The lowest BCUT2D eigenvalue weighted by Crippen LogP contribution is -2.62. The highest BCUT2D eigenvalue weighted by Gasteiger charge is 2.41. The fourth-order valence-electron chi connectivity index (χ4n) is 3.45. The summed E-state index contributed by atoms with van der Waals surface area (Å²) in [5.74, 6) is 1.37. The van der Waals surface area contributed by atoms with E-state index in [9.17, 15) is 0 Å². The Kier molecular flexibility index (Phi) is 4.37. The molecule has 0 amide bonds. The topological polar surface area (TPSA) is 67.5 Å². The maximum atomic E-state index is 6.13. The van der Waals surface area contributed by atoms with Gasteiger partial charge in [0.1, 0.15) is 0 Å². The molecule has 2 aliphatic rings. The molecular formula is C15H25N5O. The van der Waals surface area contributed by atoms with Gasteiger partial charge in [-0.1, -0.05) is 0 Å². The van der Waals surface area contributed by atoms with Crippen LogP contribution in [0.3, 0.4) is 0 Å². The molecule has 0 radical (unpaired) electrons. The van der Waals surface area contributed by atoms with E-state index in [0.717, 1.165) is 51.8 Å². The molecule has 0 aromatic carbocycles. The van der Waals surface area contributed by atoms with Crippen molar-refractivity contribution in [1.82, 2.24) is 14.9 Å². The maximum absolute atomic E-state index is 6.13. The van der Waals surface area contributed by atoms with E-state index < -0.39 is 0 Å². The number of rotatable bonds is 4. The molecule has 3 rings (SSSR count). The Labute approximate surface area is 126 Å². The minimum Gasteiger partial charge on any atom is -0.381 e. The van der Waals surface area contributed by atoms with Crippen molar-refractivity contribution in [3.05, 3.63) is 18.5 Å². The third-order valence-electron chi connectivity index (χ3n) is 5.06. The minimum atomic E-state index is 0.0418. The number of nitrogens with zero attached hydrogens (tertiary/aromatic N) is 4. The van der Waals surface area contributed by atoms with Crippen molar-refractivity contribution >= 4 is 5.95 Å². The number of hydrogen-bond donors (Lipinski definition) is 1. The van der Waals surface area contributed by atoms with Gasteiger partial charge in [0.25, 0.3) is 0 Å². The van der Waals surface area contributed by atoms with Gasteiger partial charge in [-0.3, -0.25) is 4.90 Å². The molecule has 21 heavy (non-hydrogen) atoms. The number of nitrogens with two attached hydrogens (primary N) is 1. The summed E-state index contributed by atoms with van der Waals surface area (Å²) in [7, 11) is 0. The Morgan fingerprint density at radius 1 is 1.29 bits per heavy atom. The standard InChI is InChI=1S/C15H25N5O/c1-15(12-16,13-3-10-21-11-13)20-8-6-19(7-9-20)14-17-4-2-5-18-14/h2,4-5,13H,3,6-12,16H2,1H3. The summed E-state index contributed by atoms with van der Waals surface area (Å²) in [6.45, 7) is 8.60. The van der Waals surface area contributed by atoms with Crippen LogP contribution in [0.1, 0.15) is 13.3 Å². The molecule has 2 saturated heterocycles. The molecule has 0 bridgehead atoms. The molecule has 1 aromatic heterocycles. The van der Waals surface area contributed by atoms with E-state index in [-0.39, 0.29) is 5.54 Å². The summed E-state index contributed by atoms with van der Waals surface area (Å²) in [4.78, 5) is 13.5. The first kappa shape index (κ1) is 14.7. The molecule has 0 saturated carbocycles. The minimum absolute atomic E-state index is 0.0418. The second-order valence-corrected chi connectivity index (χ2v) is 6.14. The van der Waals surface area contributed by atoms with Crippen LogP contribution < -0.4 is 10.6 Å². The third-order valence-corrected chi connectivity index (χ3v) is 5.06. The van der Waals surface area contributed by atoms with Gasteiger partial charge in [0.15, 0.2) is 0 Å². The SMILES string of the molecule is CC(CN)(C1CCOC1)N1CCN(c2ncccn2)CC1. The molecule has 2 atom stereocenters. The number of hydrogen-bond acceptors (Lipinski definition) is 6. The second-order valence-electron chi connectivity index (χ2n) is 6.14. The smallest absolute Gasteiger partial charge is 0.225 e. The highest BCUT2D eigenvalue weighted by Crippen LogP contribution is 2.31. The van der Waals surface area contributed by atoms with Crippen LogP contribution in [0, 0.1) is 5.92 Å². The monoisotopic (exact) mass is 291 g/mol. The molecular weight excluding hydrogens is 266 g/mol. The van der Waals surface area contributed by atoms with Crippen LogP contribution in [0.5, 0.6) is 0 Å². The average Bonchev–Trinajstić information content (AvgIpc) is 3.10.